The first-order valence-electron chi connectivity index (χ1n) is 11.3. The number of nitrogens with one attached hydrogen (secondary N) is 1. The van der Waals surface area contributed by atoms with E-state index in [2.05, 4.69) is 22.3 Å². The molecule has 1 aliphatic heterocycles. The zero-order chi connectivity index (χ0) is 24.1. The lowest BCUT2D eigenvalue weighted by atomic mass is 10.0. The molecular formula is C26H27ClN2O4S. The summed E-state index contributed by atoms with van der Waals surface area (Å²) < 4.78 is 5.20. The third-order valence-corrected chi connectivity index (χ3v) is 7.42. The van der Waals surface area contributed by atoms with Gasteiger partial charge in [-0.2, -0.15) is 0 Å². The van der Waals surface area contributed by atoms with Crippen LogP contribution in [-0.4, -0.2) is 53.3 Å². The second kappa shape index (κ2) is 11.1. The molecule has 4 rings (SSSR count). The molecule has 8 heteroatoms. The Hall–Kier alpha value is -2.74. The minimum absolute atomic E-state index is 0.148. The van der Waals surface area contributed by atoms with Gasteiger partial charge in [0.25, 0.3) is 5.91 Å². The van der Waals surface area contributed by atoms with Crippen molar-refractivity contribution >= 4 is 46.0 Å². The second-order valence-corrected chi connectivity index (χ2v) is 10.1. The van der Waals surface area contributed by atoms with Gasteiger partial charge < -0.3 is 20.1 Å². The molecule has 0 unspecified atom stereocenters. The quantitative estimate of drug-likeness (QED) is 0.348. The molecule has 1 amide bonds. The molecule has 1 heterocycles. The van der Waals surface area contributed by atoms with Crippen LogP contribution >= 0.6 is 23.4 Å². The van der Waals surface area contributed by atoms with Crippen LogP contribution < -0.4 is 10.1 Å². The number of carbonyl (C=O) groups is 2. The molecule has 0 aliphatic carbocycles. The number of phenols is 1. The number of carbonyl (C=O) groups excluding carboxylic acids is 2. The molecule has 0 aromatic heterocycles. The van der Waals surface area contributed by atoms with Crippen molar-refractivity contribution in [3.8, 4) is 11.5 Å². The standard InChI is InChI=1S/C26H27ClN2O4S/c1-17(30)33-25-4-2-3-18-15-23(24(31)16-22(18)25)26(32)28-11-14-29-12-9-21(10-13-29)34-20-7-5-19(27)6-8-20/h2-8,15-16,21,31H,9-14H2,1H3,(H,28,32). The van der Waals surface area contributed by atoms with E-state index in [9.17, 15) is 14.7 Å². The number of rotatable bonds is 7. The molecular weight excluding hydrogens is 472 g/mol. The van der Waals surface area contributed by atoms with Crippen molar-refractivity contribution in [2.24, 2.45) is 0 Å². The van der Waals surface area contributed by atoms with Crippen LogP contribution in [0, 0.1) is 0 Å². The van der Waals surface area contributed by atoms with Crippen LogP contribution in [0.4, 0.5) is 0 Å². The molecule has 6 nitrogen and oxygen atoms in total. The van der Waals surface area contributed by atoms with E-state index in [4.69, 9.17) is 16.3 Å². The highest BCUT2D eigenvalue weighted by Gasteiger charge is 2.20. The molecule has 0 saturated carbocycles. The number of hydrogen-bond acceptors (Lipinski definition) is 6. The number of likely N-dealkylation sites (tertiary alicyclic amines) is 1. The van der Waals surface area contributed by atoms with Gasteiger partial charge in [0.1, 0.15) is 11.5 Å². The number of fused-ring (bicyclic) bond motifs is 1. The van der Waals surface area contributed by atoms with Gasteiger partial charge in [0.15, 0.2) is 0 Å². The molecule has 3 aromatic rings. The van der Waals surface area contributed by atoms with E-state index in [1.807, 2.05) is 30.0 Å². The van der Waals surface area contributed by atoms with E-state index in [1.165, 1.54) is 17.9 Å². The molecule has 0 spiro atoms. The fraction of sp³-hybridized carbons (Fsp3) is 0.308. The molecule has 0 radical (unpaired) electrons. The van der Waals surface area contributed by atoms with Crippen molar-refractivity contribution in [3.05, 3.63) is 65.2 Å². The van der Waals surface area contributed by atoms with E-state index in [0.29, 0.717) is 28.3 Å². The number of piperidine rings is 1. The van der Waals surface area contributed by atoms with Crippen molar-refractivity contribution in [2.45, 2.75) is 29.9 Å². The topological polar surface area (TPSA) is 78.9 Å². The summed E-state index contributed by atoms with van der Waals surface area (Å²) in [5.41, 5.74) is 0.200. The van der Waals surface area contributed by atoms with Crippen LogP contribution in [0.1, 0.15) is 30.1 Å². The zero-order valence-electron chi connectivity index (χ0n) is 18.9. The fourth-order valence-corrected chi connectivity index (χ4v) is 5.34. The van der Waals surface area contributed by atoms with Crippen molar-refractivity contribution in [1.82, 2.24) is 10.2 Å². The number of aromatic hydroxyl groups is 1. The van der Waals surface area contributed by atoms with Crippen molar-refractivity contribution in [2.75, 3.05) is 26.2 Å². The Labute approximate surface area is 208 Å². The zero-order valence-corrected chi connectivity index (χ0v) is 20.5. The monoisotopic (exact) mass is 498 g/mol. The molecule has 2 N–H and O–H groups in total. The Morgan fingerprint density at radius 3 is 2.59 bits per heavy atom. The molecule has 3 aromatic carbocycles. The van der Waals surface area contributed by atoms with E-state index in [1.54, 1.807) is 18.2 Å². The highest BCUT2D eigenvalue weighted by molar-refractivity contribution is 8.00. The second-order valence-electron chi connectivity index (χ2n) is 8.31. The molecule has 0 bridgehead atoms. The first kappa shape index (κ1) is 24.4. The third kappa shape index (κ3) is 6.23. The first-order valence-corrected chi connectivity index (χ1v) is 12.5. The number of benzene rings is 3. The van der Waals surface area contributed by atoms with Gasteiger partial charge in [-0.05, 0) is 73.8 Å². The minimum Gasteiger partial charge on any atom is -0.507 e. The Morgan fingerprint density at radius 2 is 1.88 bits per heavy atom. The summed E-state index contributed by atoms with van der Waals surface area (Å²) >= 11 is 7.86. The Bertz CT molecular complexity index is 1180. The average molecular weight is 499 g/mol. The predicted molar refractivity (Wildman–Crippen MR) is 136 cm³/mol. The van der Waals surface area contributed by atoms with Gasteiger partial charge in [-0.3, -0.25) is 9.59 Å². The Balaban J connectivity index is 1.27. The lowest BCUT2D eigenvalue weighted by Crippen LogP contribution is -2.40. The average Bonchev–Trinajstić information content (AvgIpc) is 2.81. The van der Waals surface area contributed by atoms with Crippen LogP contribution in [0.5, 0.6) is 11.5 Å². The predicted octanol–water partition coefficient (Wildman–Crippen LogP) is 5.11. The highest BCUT2D eigenvalue weighted by atomic mass is 35.5. The SMILES string of the molecule is CC(=O)Oc1cccc2cc(C(=O)NCCN3CCC(Sc4ccc(Cl)cc4)CC3)c(O)cc12. The van der Waals surface area contributed by atoms with Gasteiger partial charge >= 0.3 is 5.97 Å². The van der Waals surface area contributed by atoms with E-state index < -0.39 is 5.97 Å². The maximum absolute atomic E-state index is 12.7. The smallest absolute Gasteiger partial charge is 0.308 e. The Kier molecular flexibility index (Phi) is 7.98. The van der Waals surface area contributed by atoms with E-state index in [0.717, 1.165) is 37.5 Å². The minimum atomic E-state index is -0.443. The van der Waals surface area contributed by atoms with Gasteiger partial charge in [-0.15, -0.1) is 11.8 Å². The number of thioether (sulfide) groups is 1. The summed E-state index contributed by atoms with van der Waals surface area (Å²) in [5.74, 6) is -0.568. The molecule has 1 aliphatic rings. The largest absolute Gasteiger partial charge is 0.507 e. The van der Waals surface area contributed by atoms with Crippen molar-refractivity contribution < 1.29 is 19.4 Å². The van der Waals surface area contributed by atoms with Crippen LogP contribution in [0.3, 0.4) is 0 Å². The number of esters is 1. The molecule has 1 saturated heterocycles. The van der Waals surface area contributed by atoms with Crippen LogP contribution in [0.2, 0.25) is 5.02 Å². The number of phenolic OH excluding ortho intramolecular Hbond substituents is 1. The van der Waals surface area contributed by atoms with Gasteiger partial charge in [-0.1, -0.05) is 23.7 Å². The summed E-state index contributed by atoms with van der Waals surface area (Å²) in [4.78, 5) is 27.6. The fourth-order valence-electron chi connectivity index (χ4n) is 4.09. The Morgan fingerprint density at radius 1 is 1.15 bits per heavy atom. The molecule has 178 valence electrons. The normalized spacial score (nSPS) is 14.8. The number of ether oxygens (including phenoxy) is 1. The lowest BCUT2D eigenvalue weighted by molar-refractivity contribution is -0.131. The first-order chi connectivity index (χ1) is 16.4. The summed E-state index contributed by atoms with van der Waals surface area (Å²) in [7, 11) is 0. The summed E-state index contributed by atoms with van der Waals surface area (Å²) in [5, 5.41) is 16.0. The summed E-state index contributed by atoms with van der Waals surface area (Å²) in [6.45, 7) is 4.55. The van der Waals surface area contributed by atoms with E-state index in [-0.39, 0.29) is 17.2 Å². The number of amides is 1. The van der Waals surface area contributed by atoms with Gasteiger partial charge in [0.05, 0.1) is 5.56 Å². The van der Waals surface area contributed by atoms with Gasteiger partial charge in [0.2, 0.25) is 0 Å². The number of hydrogen-bond donors (Lipinski definition) is 2. The number of halogens is 1. The maximum Gasteiger partial charge on any atom is 0.308 e. The van der Waals surface area contributed by atoms with Crippen molar-refractivity contribution in [3.63, 3.8) is 0 Å². The van der Waals surface area contributed by atoms with Gasteiger partial charge in [0, 0.05) is 40.6 Å². The van der Waals surface area contributed by atoms with Crippen LogP contribution in [0.15, 0.2) is 59.5 Å². The third-order valence-electron chi connectivity index (χ3n) is 5.82. The van der Waals surface area contributed by atoms with Crippen LogP contribution in [-0.2, 0) is 4.79 Å². The maximum atomic E-state index is 12.7. The van der Waals surface area contributed by atoms with Crippen molar-refractivity contribution in [1.29, 1.82) is 0 Å². The van der Waals surface area contributed by atoms with Crippen LogP contribution in [0.25, 0.3) is 10.8 Å². The number of nitrogens with zero attached hydrogens (tertiary/aromatic N) is 1. The lowest BCUT2D eigenvalue weighted by Gasteiger charge is -2.31. The molecule has 0 atom stereocenters. The molecule has 1 fully saturated rings. The van der Waals surface area contributed by atoms with Gasteiger partial charge in [-0.25, -0.2) is 0 Å². The summed E-state index contributed by atoms with van der Waals surface area (Å²) in [6, 6.07) is 16.3. The van der Waals surface area contributed by atoms with E-state index >= 15 is 0 Å². The highest BCUT2D eigenvalue weighted by Crippen LogP contribution is 2.32. The molecule has 34 heavy (non-hydrogen) atoms. The summed E-state index contributed by atoms with van der Waals surface area (Å²) in [6.07, 6.45) is 2.19.